The zero-order valence-corrected chi connectivity index (χ0v) is 14.3. The van der Waals surface area contributed by atoms with Crippen LogP contribution in [0.3, 0.4) is 0 Å². The van der Waals surface area contributed by atoms with Crippen LogP contribution < -0.4 is 0 Å². The Labute approximate surface area is 139 Å². The van der Waals surface area contributed by atoms with Crippen molar-refractivity contribution < 1.29 is 9.32 Å². The predicted octanol–water partition coefficient (Wildman–Crippen LogP) is 3.24. The van der Waals surface area contributed by atoms with Crippen molar-refractivity contribution >= 4 is 22.4 Å². The monoisotopic (exact) mass is 337 g/mol. The Morgan fingerprint density at radius 3 is 2.27 bits per heavy atom. The lowest BCUT2D eigenvalue weighted by atomic mass is 10.1. The van der Waals surface area contributed by atoms with Gasteiger partial charge in [-0.05, 0) is 42.4 Å². The Balaban J connectivity index is 1.93. The quantitative estimate of drug-likeness (QED) is 0.879. The van der Waals surface area contributed by atoms with Crippen LogP contribution in [0.5, 0.6) is 0 Å². The number of hydrogen-bond donors (Lipinski definition) is 1. The molecule has 0 bridgehead atoms. The summed E-state index contributed by atoms with van der Waals surface area (Å²) in [4.78, 5) is 2.88. The van der Waals surface area contributed by atoms with Crippen molar-refractivity contribution in [3.63, 3.8) is 0 Å². The van der Waals surface area contributed by atoms with Crippen molar-refractivity contribution in [1.29, 1.82) is 0 Å². The number of benzene rings is 2. The SMILES string of the molecule is CN(Cc1ccc(S(C)=O)cc1)CC(O)c1ccc(Cl)cc1. The summed E-state index contributed by atoms with van der Waals surface area (Å²) in [6.45, 7) is 1.25. The van der Waals surface area contributed by atoms with Gasteiger partial charge in [0.15, 0.2) is 0 Å². The first-order valence-electron chi connectivity index (χ1n) is 7.00. The molecule has 5 heteroatoms. The highest BCUT2D eigenvalue weighted by Gasteiger charge is 2.11. The number of nitrogens with zero attached hydrogens (tertiary/aromatic N) is 1. The van der Waals surface area contributed by atoms with E-state index >= 15 is 0 Å². The van der Waals surface area contributed by atoms with E-state index in [2.05, 4.69) is 4.90 Å². The summed E-state index contributed by atoms with van der Waals surface area (Å²) in [6, 6.07) is 15.0. The van der Waals surface area contributed by atoms with Gasteiger partial charge in [-0.25, -0.2) is 0 Å². The summed E-state index contributed by atoms with van der Waals surface area (Å²) in [6.07, 6.45) is 1.12. The van der Waals surface area contributed by atoms with E-state index in [4.69, 9.17) is 11.6 Å². The Morgan fingerprint density at radius 1 is 1.14 bits per heavy atom. The average Bonchev–Trinajstić information content (AvgIpc) is 2.48. The standard InChI is InChI=1S/C17H20ClNO2S/c1-19(11-13-3-9-16(10-4-13)22(2)21)12-17(20)14-5-7-15(18)8-6-14/h3-10,17,20H,11-12H2,1-2H3. The van der Waals surface area contributed by atoms with Gasteiger partial charge in [-0.1, -0.05) is 35.9 Å². The third-order valence-electron chi connectivity index (χ3n) is 3.45. The van der Waals surface area contributed by atoms with Gasteiger partial charge < -0.3 is 5.11 Å². The first-order chi connectivity index (χ1) is 10.5. The van der Waals surface area contributed by atoms with Gasteiger partial charge in [0.25, 0.3) is 0 Å². The van der Waals surface area contributed by atoms with Crippen LogP contribution >= 0.6 is 11.6 Å². The largest absolute Gasteiger partial charge is 0.387 e. The van der Waals surface area contributed by atoms with Gasteiger partial charge in [0.05, 0.1) is 6.10 Å². The maximum atomic E-state index is 11.4. The molecule has 3 nitrogen and oxygen atoms in total. The molecule has 2 aromatic carbocycles. The van der Waals surface area contributed by atoms with Crippen LogP contribution in [0.1, 0.15) is 17.2 Å². The van der Waals surface area contributed by atoms with E-state index in [-0.39, 0.29) is 0 Å². The molecule has 0 amide bonds. The molecule has 0 radical (unpaired) electrons. The average molecular weight is 338 g/mol. The molecular weight excluding hydrogens is 318 g/mol. The predicted molar refractivity (Wildman–Crippen MR) is 91.5 cm³/mol. The summed E-state index contributed by atoms with van der Waals surface area (Å²) in [5, 5.41) is 10.9. The van der Waals surface area contributed by atoms with Crippen molar-refractivity contribution in [3.05, 3.63) is 64.7 Å². The van der Waals surface area contributed by atoms with Gasteiger partial charge in [-0.15, -0.1) is 0 Å². The zero-order chi connectivity index (χ0) is 16.1. The summed E-state index contributed by atoms with van der Waals surface area (Å²) in [5.74, 6) is 0. The van der Waals surface area contributed by atoms with E-state index < -0.39 is 16.9 Å². The molecule has 2 rings (SSSR count). The summed E-state index contributed by atoms with van der Waals surface area (Å²) >= 11 is 5.85. The topological polar surface area (TPSA) is 40.5 Å². The summed E-state index contributed by atoms with van der Waals surface area (Å²) < 4.78 is 11.4. The van der Waals surface area contributed by atoms with E-state index in [9.17, 15) is 9.32 Å². The lowest BCUT2D eigenvalue weighted by Gasteiger charge is -2.21. The molecular formula is C17H20ClNO2S. The van der Waals surface area contributed by atoms with Gasteiger partial charge in [0, 0.05) is 40.1 Å². The lowest BCUT2D eigenvalue weighted by molar-refractivity contribution is 0.124. The van der Waals surface area contributed by atoms with Crippen molar-refractivity contribution in [1.82, 2.24) is 4.90 Å². The second kappa shape index (κ2) is 7.88. The lowest BCUT2D eigenvalue weighted by Crippen LogP contribution is -2.24. The molecule has 0 saturated heterocycles. The second-order valence-electron chi connectivity index (χ2n) is 5.36. The van der Waals surface area contributed by atoms with Gasteiger partial charge in [0.1, 0.15) is 0 Å². The molecule has 0 aliphatic rings. The second-order valence-corrected chi connectivity index (χ2v) is 7.18. The minimum absolute atomic E-state index is 0.531. The van der Waals surface area contributed by atoms with Gasteiger partial charge in [-0.3, -0.25) is 9.11 Å². The third kappa shape index (κ3) is 4.92. The number of aliphatic hydroxyl groups is 1. The Kier molecular flexibility index (Phi) is 6.15. The van der Waals surface area contributed by atoms with Crippen LogP contribution in [-0.4, -0.2) is 34.1 Å². The van der Waals surface area contributed by atoms with Crippen LogP contribution in [0.15, 0.2) is 53.4 Å². The number of halogens is 1. The van der Waals surface area contributed by atoms with E-state index in [0.717, 1.165) is 22.6 Å². The first kappa shape index (κ1) is 17.2. The molecule has 2 unspecified atom stereocenters. The fourth-order valence-electron chi connectivity index (χ4n) is 2.25. The Hall–Kier alpha value is -1.20. The molecule has 2 atom stereocenters. The molecule has 0 fully saturated rings. The van der Waals surface area contributed by atoms with Crippen LogP contribution in [0.25, 0.3) is 0 Å². The van der Waals surface area contributed by atoms with Crippen molar-refractivity contribution in [3.8, 4) is 0 Å². The smallest absolute Gasteiger partial charge is 0.0916 e. The zero-order valence-electron chi connectivity index (χ0n) is 12.7. The van der Waals surface area contributed by atoms with Gasteiger partial charge in [0.2, 0.25) is 0 Å². The van der Waals surface area contributed by atoms with E-state index in [0.29, 0.717) is 11.6 Å². The van der Waals surface area contributed by atoms with Crippen LogP contribution in [0.4, 0.5) is 0 Å². The normalized spacial score (nSPS) is 14.0. The van der Waals surface area contributed by atoms with E-state index in [1.54, 1.807) is 18.4 Å². The van der Waals surface area contributed by atoms with Crippen molar-refractivity contribution in [2.75, 3.05) is 19.8 Å². The Morgan fingerprint density at radius 2 is 1.73 bits per heavy atom. The molecule has 0 aliphatic carbocycles. The maximum absolute atomic E-state index is 11.4. The number of hydrogen-bond acceptors (Lipinski definition) is 3. The fraction of sp³-hybridized carbons (Fsp3) is 0.294. The number of rotatable bonds is 6. The highest BCUT2D eigenvalue weighted by Crippen LogP contribution is 2.18. The molecule has 118 valence electrons. The highest BCUT2D eigenvalue weighted by molar-refractivity contribution is 7.84. The first-order valence-corrected chi connectivity index (χ1v) is 8.94. The molecule has 0 saturated carbocycles. The molecule has 0 heterocycles. The number of aliphatic hydroxyl groups excluding tert-OH is 1. The summed E-state index contributed by atoms with van der Waals surface area (Å²) in [5.41, 5.74) is 1.98. The van der Waals surface area contributed by atoms with Crippen LogP contribution in [0.2, 0.25) is 5.02 Å². The van der Waals surface area contributed by atoms with E-state index in [1.165, 1.54) is 0 Å². The van der Waals surface area contributed by atoms with Crippen molar-refractivity contribution in [2.24, 2.45) is 0 Å². The number of likely N-dealkylation sites (N-methyl/N-ethyl adjacent to an activating group) is 1. The maximum Gasteiger partial charge on any atom is 0.0916 e. The van der Waals surface area contributed by atoms with Gasteiger partial charge >= 0.3 is 0 Å². The molecule has 1 N–H and O–H groups in total. The van der Waals surface area contributed by atoms with Crippen molar-refractivity contribution in [2.45, 2.75) is 17.5 Å². The molecule has 0 aliphatic heterocycles. The minimum atomic E-state index is -0.950. The Bertz CT molecular complexity index is 628. The molecule has 0 spiro atoms. The molecule has 0 aromatic heterocycles. The minimum Gasteiger partial charge on any atom is -0.387 e. The summed E-state index contributed by atoms with van der Waals surface area (Å²) in [7, 11) is 1.01. The highest BCUT2D eigenvalue weighted by atomic mass is 35.5. The van der Waals surface area contributed by atoms with E-state index in [1.807, 2.05) is 43.4 Å². The molecule has 2 aromatic rings. The fourth-order valence-corrected chi connectivity index (χ4v) is 2.89. The van der Waals surface area contributed by atoms with Crippen LogP contribution in [-0.2, 0) is 17.3 Å². The van der Waals surface area contributed by atoms with Gasteiger partial charge in [-0.2, -0.15) is 0 Å². The van der Waals surface area contributed by atoms with Crippen LogP contribution in [0, 0.1) is 0 Å². The molecule has 22 heavy (non-hydrogen) atoms. The third-order valence-corrected chi connectivity index (χ3v) is 4.64.